The van der Waals surface area contributed by atoms with E-state index in [1.54, 1.807) is 11.6 Å². The smallest absolute Gasteiger partial charge is 0.359 e. The molecule has 0 spiro atoms. The quantitative estimate of drug-likeness (QED) is 0.569. The van der Waals surface area contributed by atoms with E-state index in [1.807, 2.05) is 18.2 Å². The van der Waals surface area contributed by atoms with Crippen molar-refractivity contribution in [1.82, 2.24) is 14.3 Å². The van der Waals surface area contributed by atoms with Crippen molar-refractivity contribution in [3.05, 3.63) is 57.6 Å². The molecule has 0 aliphatic carbocycles. The zero-order valence-corrected chi connectivity index (χ0v) is 13.8. The molecule has 3 aromatic rings. The van der Waals surface area contributed by atoms with Gasteiger partial charge in [-0.25, -0.2) is 0 Å². The fourth-order valence-corrected chi connectivity index (χ4v) is 3.88. The molecule has 0 bridgehead atoms. The second-order valence-electron chi connectivity index (χ2n) is 5.95. The summed E-state index contributed by atoms with van der Waals surface area (Å²) in [5.74, 6) is 0.395. The van der Waals surface area contributed by atoms with Crippen LogP contribution in [0.3, 0.4) is 0 Å². The molecule has 0 saturated carbocycles. The molecule has 0 amide bonds. The van der Waals surface area contributed by atoms with E-state index in [4.69, 9.17) is 0 Å². The number of hydrogen-bond donors (Lipinski definition) is 1. The Bertz CT molecular complexity index is 860. The minimum absolute atomic E-state index is 0.0211. The predicted octanol–water partition coefficient (Wildman–Crippen LogP) is 2.99. The van der Waals surface area contributed by atoms with E-state index in [0.717, 1.165) is 26.1 Å². The Labute approximate surface area is 142 Å². The first-order valence-electron chi connectivity index (χ1n) is 7.83. The van der Waals surface area contributed by atoms with Gasteiger partial charge in [0.05, 0.1) is 0 Å². The van der Waals surface area contributed by atoms with Gasteiger partial charge in [0.1, 0.15) is 6.20 Å². The predicted molar refractivity (Wildman–Crippen MR) is 93.5 cm³/mol. The number of nitrogens with zero attached hydrogens (tertiary/aromatic N) is 4. The molecule has 0 radical (unpaired) electrons. The number of anilines is 1. The number of fused-ring (bicyclic) bond motifs is 1. The fraction of sp³-hybridized carbons (Fsp3) is 0.312. The first-order chi connectivity index (χ1) is 11.7. The molecule has 1 unspecified atom stereocenters. The van der Waals surface area contributed by atoms with Crippen LogP contribution in [0.25, 0.3) is 4.96 Å². The number of benzene rings is 1. The van der Waals surface area contributed by atoms with Crippen molar-refractivity contribution >= 4 is 27.9 Å². The van der Waals surface area contributed by atoms with Crippen LogP contribution in [0, 0.1) is 10.1 Å². The number of imidazole rings is 1. The Morgan fingerprint density at radius 2 is 2.21 bits per heavy atom. The molecule has 1 aromatic carbocycles. The Balaban J connectivity index is 1.46. The summed E-state index contributed by atoms with van der Waals surface area (Å²) >= 11 is 1.40. The van der Waals surface area contributed by atoms with E-state index in [-0.39, 0.29) is 16.8 Å². The van der Waals surface area contributed by atoms with E-state index in [9.17, 15) is 10.1 Å². The number of thiazole rings is 1. The summed E-state index contributed by atoms with van der Waals surface area (Å²) < 4.78 is 1.53. The van der Waals surface area contributed by atoms with E-state index < -0.39 is 0 Å². The van der Waals surface area contributed by atoms with Crippen LogP contribution in [-0.2, 0) is 6.54 Å². The molecule has 24 heavy (non-hydrogen) atoms. The second kappa shape index (κ2) is 6.21. The standard InChI is InChI=1S/C16H17N5O2S/c22-21(23)15-14(18-16-20(15)8-9-24-16)17-13-6-7-19(11-13)10-12-4-2-1-3-5-12/h1-5,8-9,13,17H,6-7,10-11H2. The Kier molecular flexibility index (Phi) is 3.91. The summed E-state index contributed by atoms with van der Waals surface area (Å²) in [6.45, 7) is 2.74. The maximum Gasteiger partial charge on any atom is 0.372 e. The molecule has 3 heterocycles. The molecule has 124 valence electrons. The van der Waals surface area contributed by atoms with Crippen molar-refractivity contribution in [1.29, 1.82) is 0 Å². The largest absolute Gasteiger partial charge is 0.372 e. The first-order valence-corrected chi connectivity index (χ1v) is 8.71. The second-order valence-corrected chi connectivity index (χ2v) is 6.82. The van der Waals surface area contributed by atoms with Crippen LogP contribution >= 0.6 is 11.3 Å². The van der Waals surface area contributed by atoms with Gasteiger partial charge in [-0.3, -0.25) is 4.90 Å². The summed E-state index contributed by atoms with van der Waals surface area (Å²) in [5, 5.41) is 16.4. The Morgan fingerprint density at radius 3 is 3.00 bits per heavy atom. The molecule has 7 nitrogen and oxygen atoms in total. The number of nitrogens with one attached hydrogen (secondary N) is 1. The highest BCUT2D eigenvalue weighted by atomic mass is 32.1. The minimum atomic E-state index is -0.369. The Hall–Kier alpha value is -2.45. The van der Waals surface area contributed by atoms with Crippen molar-refractivity contribution < 1.29 is 4.92 Å². The van der Waals surface area contributed by atoms with Gasteiger partial charge in [-0.2, -0.15) is 9.38 Å². The van der Waals surface area contributed by atoms with E-state index in [0.29, 0.717) is 10.8 Å². The lowest BCUT2D eigenvalue weighted by atomic mass is 10.2. The number of likely N-dealkylation sites (tertiary alicyclic amines) is 1. The zero-order chi connectivity index (χ0) is 16.5. The van der Waals surface area contributed by atoms with E-state index in [2.05, 4.69) is 27.3 Å². The van der Waals surface area contributed by atoms with Gasteiger partial charge in [-0.15, -0.1) is 0 Å². The summed E-state index contributed by atoms with van der Waals surface area (Å²) in [5.41, 5.74) is 1.28. The van der Waals surface area contributed by atoms with Gasteiger partial charge in [0.15, 0.2) is 0 Å². The molecule has 1 N–H and O–H groups in total. The third kappa shape index (κ3) is 2.85. The number of aromatic nitrogens is 2. The summed E-state index contributed by atoms with van der Waals surface area (Å²) in [6, 6.07) is 10.5. The highest BCUT2D eigenvalue weighted by Crippen LogP contribution is 2.29. The molecule has 1 aliphatic heterocycles. The molecule has 1 saturated heterocycles. The average molecular weight is 343 g/mol. The molecular formula is C16H17N5O2S. The third-order valence-electron chi connectivity index (χ3n) is 4.27. The fourth-order valence-electron chi connectivity index (χ4n) is 3.17. The van der Waals surface area contributed by atoms with Crippen molar-refractivity contribution in [2.45, 2.75) is 19.0 Å². The zero-order valence-electron chi connectivity index (χ0n) is 13.0. The van der Waals surface area contributed by atoms with Gasteiger partial charge in [0.2, 0.25) is 5.82 Å². The summed E-state index contributed by atoms with van der Waals surface area (Å²) in [6.07, 6.45) is 2.64. The van der Waals surface area contributed by atoms with Crippen molar-refractivity contribution in [2.75, 3.05) is 18.4 Å². The SMILES string of the molecule is O=[N+]([O-])c1c(NC2CCN(Cc3ccccc3)C2)nc2sccn12. The Morgan fingerprint density at radius 1 is 1.38 bits per heavy atom. The van der Waals surface area contributed by atoms with Gasteiger partial charge >= 0.3 is 5.82 Å². The van der Waals surface area contributed by atoms with Crippen molar-refractivity contribution in [3.8, 4) is 0 Å². The number of nitro groups is 1. The molecule has 1 fully saturated rings. The lowest BCUT2D eigenvalue weighted by Crippen LogP contribution is -2.26. The van der Waals surface area contributed by atoms with Crippen molar-refractivity contribution in [2.24, 2.45) is 0 Å². The van der Waals surface area contributed by atoms with Gasteiger partial charge in [-0.1, -0.05) is 41.7 Å². The van der Waals surface area contributed by atoms with Crippen LogP contribution in [0.5, 0.6) is 0 Å². The molecule has 1 atom stereocenters. The lowest BCUT2D eigenvalue weighted by molar-refractivity contribution is -0.389. The first kappa shape index (κ1) is 15.1. The normalized spacial score (nSPS) is 18.2. The van der Waals surface area contributed by atoms with Crippen LogP contribution < -0.4 is 5.32 Å². The van der Waals surface area contributed by atoms with Crippen LogP contribution in [0.1, 0.15) is 12.0 Å². The number of hydrogen-bond acceptors (Lipinski definition) is 6. The number of rotatable bonds is 5. The van der Waals surface area contributed by atoms with Crippen LogP contribution in [0.15, 0.2) is 41.9 Å². The van der Waals surface area contributed by atoms with Gasteiger partial charge in [-0.05, 0) is 16.9 Å². The van der Waals surface area contributed by atoms with Gasteiger partial charge in [0, 0.05) is 31.1 Å². The molecule has 1 aliphatic rings. The summed E-state index contributed by atoms with van der Waals surface area (Å²) in [7, 11) is 0. The van der Waals surface area contributed by atoms with Crippen LogP contribution in [0.4, 0.5) is 11.6 Å². The third-order valence-corrected chi connectivity index (χ3v) is 5.03. The average Bonchev–Trinajstić information content (AvgIpc) is 3.24. The van der Waals surface area contributed by atoms with Gasteiger partial charge in [0.25, 0.3) is 4.96 Å². The molecule has 8 heteroatoms. The van der Waals surface area contributed by atoms with Crippen molar-refractivity contribution in [3.63, 3.8) is 0 Å². The molecule has 4 rings (SSSR count). The monoisotopic (exact) mass is 343 g/mol. The molecular weight excluding hydrogens is 326 g/mol. The minimum Gasteiger partial charge on any atom is -0.359 e. The van der Waals surface area contributed by atoms with Crippen LogP contribution in [0.2, 0.25) is 0 Å². The lowest BCUT2D eigenvalue weighted by Gasteiger charge is -2.16. The van der Waals surface area contributed by atoms with E-state index >= 15 is 0 Å². The maximum atomic E-state index is 11.4. The highest BCUT2D eigenvalue weighted by molar-refractivity contribution is 7.15. The van der Waals surface area contributed by atoms with Gasteiger partial charge < -0.3 is 15.4 Å². The summed E-state index contributed by atoms with van der Waals surface area (Å²) in [4.78, 5) is 18.4. The van der Waals surface area contributed by atoms with Crippen LogP contribution in [-0.4, -0.2) is 38.3 Å². The topological polar surface area (TPSA) is 75.7 Å². The molecule has 2 aromatic heterocycles. The maximum absolute atomic E-state index is 11.4. The van der Waals surface area contributed by atoms with E-state index in [1.165, 1.54) is 21.3 Å². The highest BCUT2D eigenvalue weighted by Gasteiger charge is 2.28.